The molecule has 1 aromatic rings. The molecule has 0 radical (unpaired) electrons. The summed E-state index contributed by atoms with van der Waals surface area (Å²) >= 11 is 0. The van der Waals surface area contributed by atoms with Crippen LogP contribution < -0.4 is 10.6 Å². The molecular weight excluding hydrogens is 264 g/mol. The van der Waals surface area contributed by atoms with E-state index < -0.39 is 0 Å². The second-order valence-electron chi connectivity index (χ2n) is 6.14. The summed E-state index contributed by atoms with van der Waals surface area (Å²) in [5, 5.41) is 0. The van der Waals surface area contributed by atoms with Gasteiger partial charge in [-0.2, -0.15) is 4.98 Å². The maximum Gasteiger partial charge on any atom is 0.222 e. The number of fused-ring (bicyclic) bond motifs is 1. The number of hydrogen-bond donors (Lipinski definition) is 1. The molecule has 1 aliphatic heterocycles. The van der Waals surface area contributed by atoms with Gasteiger partial charge >= 0.3 is 0 Å². The second-order valence-corrected chi connectivity index (χ2v) is 6.14. The lowest BCUT2D eigenvalue weighted by atomic mass is 9.95. The Bertz CT molecular complexity index is 493. The van der Waals surface area contributed by atoms with Gasteiger partial charge in [-0.25, -0.2) is 4.98 Å². The molecule has 5 heteroatoms. The van der Waals surface area contributed by atoms with Gasteiger partial charge in [-0.15, -0.1) is 0 Å². The summed E-state index contributed by atoms with van der Waals surface area (Å²) < 4.78 is 6.09. The van der Waals surface area contributed by atoms with Crippen LogP contribution in [0, 0.1) is 0 Å². The number of aryl methyl sites for hydroxylation is 1. The van der Waals surface area contributed by atoms with Crippen molar-refractivity contribution in [3.63, 3.8) is 0 Å². The number of nitrogens with two attached hydrogens (primary N) is 1. The number of ether oxygens (including phenoxy) is 1. The third-order valence-electron chi connectivity index (χ3n) is 4.62. The molecule has 2 atom stereocenters. The van der Waals surface area contributed by atoms with Crippen molar-refractivity contribution in [3.8, 4) is 0 Å². The van der Waals surface area contributed by atoms with Gasteiger partial charge in [0.25, 0.3) is 0 Å². The van der Waals surface area contributed by atoms with Crippen LogP contribution in [0.25, 0.3) is 0 Å². The van der Waals surface area contributed by atoms with Gasteiger partial charge in [0.05, 0.1) is 17.9 Å². The molecule has 3 rings (SSSR count). The summed E-state index contributed by atoms with van der Waals surface area (Å²) in [6, 6.07) is 0. The van der Waals surface area contributed by atoms with Gasteiger partial charge in [0.1, 0.15) is 5.82 Å². The molecule has 0 bridgehead atoms. The lowest BCUT2D eigenvalue weighted by Gasteiger charge is -2.39. The van der Waals surface area contributed by atoms with Crippen LogP contribution in [0.15, 0.2) is 0 Å². The van der Waals surface area contributed by atoms with Crippen molar-refractivity contribution in [2.75, 3.05) is 23.7 Å². The van der Waals surface area contributed by atoms with Crippen molar-refractivity contribution >= 4 is 11.8 Å². The summed E-state index contributed by atoms with van der Waals surface area (Å²) in [4.78, 5) is 11.4. The van der Waals surface area contributed by atoms with E-state index in [4.69, 9.17) is 10.5 Å². The first-order chi connectivity index (χ1) is 10.2. The van der Waals surface area contributed by atoms with E-state index in [0.717, 1.165) is 50.3 Å². The van der Waals surface area contributed by atoms with E-state index in [1.807, 2.05) is 0 Å². The van der Waals surface area contributed by atoms with Crippen LogP contribution in [0.1, 0.15) is 50.8 Å². The number of rotatable bonds is 3. The van der Waals surface area contributed by atoms with Crippen LogP contribution in [-0.2, 0) is 17.6 Å². The molecule has 1 fully saturated rings. The molecule has 0 aromatic carbocycles. The molecule has 5 nitrogen and oxygen atoms in total. The van der Waals surface area contributed by atoms with E-state index in [0.29, 0.717) is 18.2 Å². The highest BCUT2D eigenvalue weighted by molar-refractivity contribution is 5.53. The predicted octanol–water partition coefficient (Wildman–Crippen LogP) is 2.33. The van der Waals surface area contributed by atoms with E-state index in [1.165, 1.54) is 18.4 Å². The van der Waals surface area contributed by atoms with Crippen LogP contribution in [0.2, 0.25) is 0 Å². The van der Waals surface area contributed by atoms with Crippen molar-refractivity contribution in [1.82, 2.24) is 9.97 Å². The van der Waals surface area contributed by atoms with Gasteiger partial charge in [0, 0.05) is 18.7 Å². The molecule has 2 N–H and O–H groups in total. The quantitative estimate of drug-likeness (QED) is 0.925. The number of nitrogen functional groups attached to an aromatic ring is 1. The molecule has 21 heavy (non-hydrogen) atoms. The molecular formula is C16H26N4O. The number of nitrogens with zero attached hydrogens (tertiary/aromatic N) is 3. The highest BCUT2D eigenvalue weighted by atomic mass is 16.5. The van der Waals surface area contributed by atoms with Gasteiger partial charge in [-0.05, 0) is 38.5 Å². The Morgan fingerprint density at radius 1 is 1.10 bits per heavy atom. The lowest BCUT2D eigenvalue weighted by molar-refractivity contribution is -0.0288. The summed E-state index contributed by atoms with van der Waals surface area (Å²) in [7, 11) is 0. The molecule has 2 heterocycles. The monoisotopic (exact) mass is 290 g/mol. The van der Waals surface area contributed by atoms with Crippen molar-refractivity contribution < 1.29 is 4.74 Å². The fourth-order valence-electron chi connectivity index (χ4n) is 3.40. The first kappa shape index (κ1) is 14.6. The Labute approximate surface area is 126 Å². The summed E-state index contributed by atoms with van der Waals surface area (Å²) in [6.07, 6.45) is 7.21. The molecule has 0 amide bonds. The third kappa shape index (κ3) is 2.98. The van der Waals surface area contributed by atoms with Crippen LogP contribution in [0.5, 0.6) is 0 Å². The maximum absolute atomic E-state index is 6.09. The Morgan fingerprint density at radius 2 is 1.76 bits per heavy atom. The van der Waals surface area contributed by atoms with Gasteiger partial charge in [-0.3, -0.25) is 0 Å². The van der Waals surface area contributed by atoms with Gasteiger partial charge < -0.3 is 15.4 Å². The molecule has 1 aliphatic carbocycles. The first-order valence-electron chi connectivity index (χ1n) is 8.26. The van der Waals surface area contributed by atoms with Crippen molar-refractivity contribution in [2.45, 2.75) is 64.6 Å². The van der Waals surface area contributed by atoms with E-state index in [1.54, 1.807) is 0 Å². The van der Waals surface area contributed by atoms with Crippen LogP contribution in [0.4, 0.5) is 11.8 Å². The molecule has 2 unspecified atom stereocenters. The molecule has 116 valence electrons. The largest absolute Gasteiger partial charge is 0.371 e. The standard InChI is InChI=1S/C16H26N4O/c1-3-11-9-20(10-12(4-2)21-11)15-13-7-5-6-8-14(13)18-16(17)19-15/h11-12H,3-10H2,1-2H3,(H2,17,18,19). The third-order valence-corrected chi connectivity index (χ3v) is 4.62. The predicted molar refractivity (Wildman–Crippen MR) is 84.5 cm³/mol. The Balaban J connectivity index is 1.93. The topological polar surface area (TPSA) is 64.3 Å². The first-order valence-corrected chi connectivity index (χ1v) is 8.26. The highest BCUT2D eigenvalue weighted by Crippen LogP contribution is 2.31. The molecule has 2 aliphatic rings. The Hall–Kier alpha value is -1.36. The molecule has 1 aromatic heterocycles. The van der Waals surface area contributed by atoms with Crippen molar-refractivity contribution in [2.24, 2.45) is 0 Å². The average Bonchev–Trinajstić information content (AvgIpc) is 2.53. The number of hydrogen-bond acceptors (Lipinski definition) is 5. The van der Waals surface area contributed by atoms with E-state index >= 15 is 0 Å². The lowest BCUT2D eigenvalue weighted by Crippen LogP contribution is -2.48. The summed E-state index contributed by atoms with van der Waals surface area (Å²) in [6.45, 7) is 6.20. The zero-order valence-electron chi connectivity index (χ0n) is 13.1. The Kier molecular flexibility index (Phi) is 4.29. The zero-order valence-corrected chi connectivity index (χ0v) is 13.1. The molecule has 1 saturated heterocycles. The van der Waals surface area contributed by atoms with Crippen LogP contribution in [0.3, 0.4) is 0 Å². The fourth-order valence-corrected chi connectivity index (χ4v) is 3.40. The van der Waals surface area contributed by atoms with Gasteiger partial charge in [-0.1, -0.05) is 13.8 Å². The minimum Gasteiger partial charge on any atom is -0.371 e. The minimum atomic E-state index is 0.291. The van der Waals surface area contributed by atoms with Crippen molar-refractivity contribution in [1.29, 1.82) is 0 Å². The highest BCUT2D eigenvalue weighted by Gasteiger charge is 2.29. The smallest absolute Gasteiger partial charge is 0.222 e. The van der Waals surface area contributed by atoms with Gasteiger partial charge in [0.15, 0.2) is 0 Å². The summed E-state index contributed by atoms with van der Waals surface area (Å²) in [5.41, 5.74) is 8.43. The number of morpholine rings is 1. The van der Waals surface area contributed by atoms with Gasteiger partial charge in [0.2, 0.25) is 5.95 Å². The SMILES string of the molecule is CCC1CN(c2nc(N)nc3c2CCCC3)CC(CC)O1. The fraction of sp³-hybridized carbons (Fsp3) is 0.750. The van der Waals surface area contributed by atoms with Crippen LogP contribution in [-0.4, -0.2) is 35.3 Å². The molecule has 0 spiro atoms. The van der Waals surface area contributed by atoms with Crippen LogP contribution >= 0.6 is 0 Å². The maximum atomic E-state index is 6.09. The Morgan fingerprint density at radius 3 is 2.43 bits per heavy atom. The number of anilines is 2. The second kappa shape index (κ2) is 6.18. The van der Waals surface area contributed by atoms with Crippen molar-refractivity contribution in [3.05, 3.63) is 11.3 Å². The molecule has 0 saturated carbocycles. The zero-order chi connectivity index (χ0) is 14.8. The minimum absolute atomic E-state index is 0.291. The number of aromatic nitrogens is 2. The average molecular weight is 290 g/mol. The van der Waals surface area contributed by atoms with E-state index in [9.17, 15) is 0 Å². The van der Waals surface area contributed by atoms with E-state index in [2.05, 4.69) is 28.7 Å². The summed E-state index contributed by atoms with van der Waals surface area (Å²) in [5.74, 6) is 1.48. The normalized spacial score (nSPS) is 25.7. The van der Waals surface area contributed by atoms with E-state index in [-0.39, 0.29) is 0 Å².